The number of nitrogens with zero attached hydrogens (tertiary/aromatic N) is 10. The first-order valence-corrected chi connectivity index (χ1v) is 47.3. The number of nitro benzene ring substituents is 1. The molecule has 3 fully saturated rings. The molecule has 24 N–H and O–H groups in total. The summed E-state index contributed by atoms with van der Waals surface area (Å²) in [6.07, 6.45) is -1.86. The Balaban J connectivity index is 0.000000217. The van der Waals surface area contributed by atoms with Crippen molar-refractivity contribution in [1.82, 2.24) is 71.4 Å². The number of nitrogen functional groups attached to an aromatic ring is 2. The Kier molecular flexibility index (Phi) is 43.0. The smallest absolute Gasteiger partial charge is 0.870 e. The van der Waals surface area contributed by atoms with Gasteiger partial charge in [-0.25, -0.2) is 39.2 Å². The molecule has 147 heavy (non-hydrogen) atoms. The summed E-state index contributed by atoms with van der Waals surface area (Å²) in [6.45, 7) is 7.88. The van der Waals surface area contributed by atoms with Gasteiger partial charge < -0.3 is 130 Å². The molecule has 4 aromatic heterocycles. The van der Waals surface area contributed by atoms with Gasteiger partial charge in [-0.2, -0.15) is 35.8 Å². The number of fused-ring (bicyclic) bond motifs is 8. The number of aromatic hydroxyl groups is 2. The normalized spacial score (nSPS) is 16.8. The number of rotatable bonds is 31. The number of urea groups is 1. The molecule has 8 heterocycles. The van der Waals surface area contributed by atoms with Crippen LogP contribution in [0.25, 0.3) is 22.3 Å². The topological polar surface area (TPSA) is 741 Å². The van der Waals surface area contributed by atoms with Crippen molar-refractivity contribution in [1.29, 1.82) is 0 Å². The van der Waals surface area contributed by atoms with E-state index in [1.165, 1.54) is 58.5 Å². The Labute approximate surface area is 888 Å². The van der Waals surface area contributed by atoms with Gasteiger partial charge in [-0.15, -0.1) is 23.2 Å². The number of hydrogen-bond donors (Lipinski definition) is 20. The number of amides is 5. The van der Waals surface area contributed by atoms with Crippen molar-refractivity contribution in [2.45, 2.75) is 86.5 Å². The van der Waals surface area contributed by atoms with E-state index < -0.39 is 115 Å². The number of Topliss-reactive ketones (excluding diaryl/α,β-unsaturated/α-hetero) is 2. The minimum Gasteiger partial charge on any atom is -0.870 e. The van der Waals surface area contributed by atoms with Crippen LogP contribution in [0.3, 0.4) is 0 Å². The van der Waals surface area contributed by atoms with Crippen molar-refractivity contribution in [3.05, 3.63) is 232 Å². The predicted molar refractivity (Wildman–Crippen MR) is 535 cm³/mol. The van der Waals surface area contributed by atoms with Crippen molar-refractivity contribution in [3.8, 4) is 11.5 Å². The van der Waals surface area contributed by atoms with Crippen molar-refractivity contribution in [2.75, 3.05) is 123 Å². The summed E-state index contributed by atoms with van der Waals surface area (Å²) in [6, 6.07) is 27.1. The number of phenolic OH excluding ortho intramolecular Hbond substituents is 2. The van der Waals surface area contributed by atoms with Crippen LogP contribution in [0.4, 0.5) is 63.0 Å². The molecule has 2 aliphatic carbocycles. The summed E-state index contributed by atoms with van der Waals surface area (Å²) < 4.78 is 69.2. The molecule has 3 saturated heterocycles. The molecule has 0 bridgehead atoms. The number of carbonyl (C=O) groups is 10. The Morgan fingerprint density at radius 1 is 0.796 bits per heavy atom. The van der Waals surface area contributed by atoms with E-state index in [2.05, 4.69) is 89.7 Å². The number of nitrogens with one attached hydrogen (secondary N) is 9. The van der Waals surface area contributed by atoms with E-state index in [0.29, 0.717) is 124 Å². The molecular weight excluding hydrogens is 2090 g/mol. The standard InChI is InChI=1S/C22H28N4O6.C20H22N8O5.C15H18N4O5.C14H10Cl4.C12H10F3N3O4.C5H4N4S.C2H6O2S2.Na.H2O/c27-11-9-23-5-7-25-13-1-2-14(26-8-6-24-10-12-28)18-17(13)21(31)19-15(29)3-4-16(30)20(19)22(18)32;1-28(9-11-8-23-17-15(24-11)16(21)26-20(22)27-17)12-4-2-10(3-5-12)18(31)25-13(19(32)33)6-7-14(29)30;1-5-9(16)12(21)8-6(4-24-14(17)22)15(23-2)13-7(18-13)3-19(15)10(8)11(5)20;15-10-7-5-9(6-8-10)13(14(17)18)11-3-1-2-4-12(11)16;1-11(2)9(19)17(10(20)16-11)6-3-4-8(18(21)22)7(5-6)12(13,14)15;10-5-3-4(7-1-6-3)8-2-9-5;3-6(4)2-1-5;;/h1-4,23-30H,5-12H2;2-5,8,13H,6-7,9H2,1H3,(H,25,31)(H,29,30)(H,32,33)(H4,21,22,23,26,27);6-7,13,18H,3-4,16H2,1-2H3,(H2,17,22);1-8,13-14H;3-5H,1-2H3,(H,16,20);1-2H,(H2,6,7,8,9,10);5H,1-2H2,(H,3,4);;1H2/q;;;;;;;+1;/p-2/t;13-;6-,7+,13+,15-;;;;;;/m.11....../s1. The number of benzene rings is 6. The second-order valence-corrected chi connectivity index (χ2v) is 36.3. The number of H-pyrrole nitrogens is 2. The van der Waals surface area contributed by atoms with Gasteiger partial charge in [0.15, 0.2) is 33.0 Å². The van der Waals surface area contributed by atoms with Crippen molar-refractivity contribution in [3.63, 3.8) is 0 Å². The summed E-state index contributed by atoms with van der Waals surface area (Å²) in [5.74, 6) is -6.46. The number of aromatic nitrogens is 8. The summed E-state index contributed by atoms with van der Waals surface area (Å²) in [5, 5.41) is 88.4. The Bertz CT molecular complexity index is 6650. The maximum atomic E-state index is 13.4. The van der Waals surface area contributed by atoms with Crippen LogP contribution in [0.5, 0.6) is 11.5 Å². The number of thiol groups is 1. The predicted octanol–water partition coefficient (Wildman–Crippen LogP) is 4.49. The fourth-order valence-electron chi connectivity index (χ4n) is 15.7. The zero-order valence-electron chi connectivity index (χ0n) is 78.6. The number of carbonyl (C=O) groups excluding carboxylic acids is 8. The number of imide groups is 1. The summed E-state index contributed by atoms with van der Waals surface area (Å²) in [7, 11) is 3.33. The molecule has 16 rings (SSSR count). The molecule has 57 heteroatoms. The minimum atomic E-state index is -4.99. The molecule has 4 aliphatic heterocycles. The van der Waals surface area contributed by atoms with Crippen LogP contribution in [0.15, 0.2) is 157 Å². The van der Waals surface area contributed by atoms with E-state index in [-0.39, 0.29) is 171 Å². The number of imidazole rings is 1. The van der Waals surface area contributed by atoms with Gasteiger partial charge in [0, 0.05) is 140 Å². The zero-order chi connectivity index (χ0) is 107. The van der Waals surface area contributed by atoms with Crippen molar-refractivity contribution in [2.24, 2.45) is 17.4 Å². The number of ether oxygens (including phenoxy) is 2. The van der Waals surface area contributed by atoms with Crippen LogP contribution < -0.4 is 99.5 Å². The first-order valence-electron chi connectivity index (χ1n) is 43.4. The number of primary amides is 1. The van der Waals surface area contributed by atoms with Gasteiger partial charge in [0.1, 0.15) is 45.6 Å². The number of nitro groups is 1. The van der Waals surface area contributed by atoms with E-state index >= 15 is 0 Å². The van der Waals surface area contributed by atoms with Crippen LogP contribution in [0, 0.1) is 20.7 Å². The third-order valence-corrected chi connectivity index (χ3v) is 25.1. The molecule has 780 valence electrons. The van der Waals surface area contributed by atoms with Crippen LogP contribution in [0.2, 0.25) is 10.0 Å². The third kappa shape index (κ3) is 28.9. The van der Waals surface area contributed by atoms with Gasteiger partial charge in [-0.1, -0.05) is 76.8 Å². The molecular formula is C90H98Cl4F3N23NaO23S3-. The van der Waals surface area contributed by atoms with E-state index in [1.54, 1.807) is 36.8 Å². The number of nitrogens with two attached hydrogens (primary N) is 4. The summed E-state index contributed by atoms with van der Waals surface area (Å²) >= 11 is 31.0. The number of aliphatic hydroxyl groups excluding tert-OH is 2. The van der Waals surface area contributed by atoms with Gasteiger partial charge in [0.25, 0.3) is 17.5 Å². The number of ketones is 4. The minimum absolute atomic E-state index is 0. The fraction of sp³-hybridized carbons (Fsp3) is 0.322. The summed E-state index contributed by atoms with van der Waals surface area (Å²) in [4.78, 5) is 165. The average Bonchev–Trinajstić information content (AvgIpc) is 1.49. The number of carboxylic acid groups (broad SMARTS) is 2. The Morgan fingerprint density at radius 2 is 1.39 bits per heavy atom. The number of halogens is 7. The molecule has 7 atom stereocenters. The number of methoxy groups -OCH3 is 1. The molecule has 6 aromatic carbocycles. The molecule has 46 nitrogen and oxygen atoms in total. The third-order valence-electron chi connectivity index (χ3n) is 22.6. The van der Waals surface area contributed by atoms with Gasteiger partial charge in [0.2, 0.25) is 29.1 Å². The maximum Gasteiger partial charge on any atom is 1.00 e. The van der Waals surface area contributed by atoms with Gasteiger partial charge in [0.05, 0.1) is 101 Å². The van der Waals surface area contributed by atoms with Crippen LogP contribution in [-0.4, -0.2) is 279 Å². The maximum absolute atomic E-state index is 13.4. The fourth-order valence-corrected chi connectivity index (χ4v) is 17.5. The number of aromatic amines is 2. The van der Waals surface area contributed by atoms with E-state index in [9.17, 15) is 95.3 Å². The number of hydrogen-bond acceptors (Lipinski definition) is 39. The Hall–Kier alpha value is -13.0. The second-order valence-electron chi connectivity index (χ2n) is 32.5. The number of aliphatic hydroxyl groups is 2. The van der Waals surface area contributed by atoms with Gasteiger partial charge >= 0.3 is 59.8 Å². The summed E-state index contributed by atoms with van der Waals surface area (Å²) in [5.41, 5.74) is 24.1. The number of piperazine rings is 1. The molecule has 0 radical (unpaired) electrons. The van der Waals surface area contributed by atoms with Crippen LogP contribution >= 0.6 is 71.3 Å². The number of allylic oxidation sites excluding steroid dienone is 2. The molecule has 5 amide bonds. The van der Waals surface area contributed by atoms with Crippen molar-refractivity contribution >= 4 is 204 Å². The number of anilines is 6. The number of alkyl halides is 5. The van der Waals surface area contributed by atoms with E-state index in [0.717, 1.165) is 34.0 Å². The zero-order valence-corrected chi connectivity index (χ0v) is 86.2. The molecule has 2 unspecified atom stereocenters. The molecule has 10 aromatic rings. The molecule has 0 saturated carbocycles. The average molecular weight is 2190 g/mol. The largest absolute Gasteiger partial charge is 1.00 e. The molecule has 0 spiro atoms. The van der Waals surface area contributed by atoms with E-state index in [4.69, 9.17) is 106 Å². The second kappa shape index (κ2) is 53.1. The number of aliphatic carboxylic acids is 2. The number of carboxylic acids is 2. The van der Waals surface area contributed by atoms with Gasteiger partial charge in [-0.05, 0) is 117 Å². The van der Waals surface area contributed by atoms with Gasteiger partial charge in [-0.3, -0.25) is 47.9 Å². The van der Waals surface area contributed by atoms with Crippen molar-refractivity contribution < 1.29 is 150 Å². The first kappa shape index (κ1) is 119. The van der Waals surface area contributed by atoms with Crippen LogP contribution in [0.1, 0.15) is 104 Å². The van der Waals surface area contributed by atoms with Crippen LogP contribution in [-0.2, 0) is 57.2 Å². The van der Waals surface area contributed by atoms with E-state index in [1.807, 2.05) is 65.4 Å². The first-order chi connectivity index (χ1) is 68.7. The molecule has 6 aliphatic rings. The Morgan fingerprint density at radius 3 is 1.90 bits per heavy atom. The monoisotopic (exact) mass is 2180 g/mol. The SMILES string of the molecule is CC1(C)NC(=O)N(c2ccc([N+](=O)[O-])c(C(F)(F)F)c2)C1=O.CN(Cc1cnc2nc(N)nc(N)c2n1)c1ccc(C(=O)N[C@H](CCC(=O)O)C(=O)O)cc1.CO[C@@]12[C@H](COC(N)=O)C3=C(C(=O)C(C)=C(N)C3=O)N1C[C@@H]1N[C@@H]12.Clc1ccc(C(c2ccccc2Cl)C(Cl)Cl)cc1.O=C1c2c(O)ccc(O)c2C(=O)c2c(NCCNCCO)ccc(NCCNCCO)c21.O=S([O-])CCS.S=c1nc[nH]c2nc[nH]c12.[Na+].[OH-]. The number of phenols is 2. The quantitative estimate of drug-likeness (QED) is 0.00231.